The molecule has 0 radical (unpaired) electrons. The number of morpholine rings is 1. The predicted octanol–water partition coefficient (Wildman–Crippen LogP) is 1.48. The van der Waals surface area contributed by atoms with Crippen LogP contribution in [0.5, 0.6) is 0 Å². The number of amides is 2. The Hall–Kier alpha value is -1.57. The molecule has 0 spiro atoms. The van der Waals surface area contributed by atoms with Gasteiger partial charge in [0.25, 0.3) is 11.8 Å². The van der Waals surface area contributed by atoms with E-state index in [1.165, 1.54) is 4.90 Å². The van der Waals surface area contributed by atoms with Gasteiger partial charge in [-0.1, -0.05) is 19.1 Å². The maximum Gasteiger partial charge on any atom is 0.265 e. The second-order valence-corrected chi connectivity index (χ2v) is 7.69. The zero-order valence-corrected chi connectivity index (χ0v) is 16.1. The number of nitrogens with zero attached hydrogens (tertiary/aromatic N) is 2. The summed E-state index contributed by atoms with van der Waals surface area (Å²) in [6, 6.07) is 0.573. The molecule has 26 heavy (non-hydrogen) atoms. The molecule has 0 aromatic rings. The first-order valence-electron chi connectivity index (χ1n) is 9.33. The maximum atomic E-state index is 12.7. The molecule has 2 heterocycles. The lowest BCUT2D eigenvalue weighted by Crippen LogP contribution is -2.54. The molecule has 3 aliphatic rings. The molecule has 1 saturated carbocycles. The third-order valence-corrected chi connectivity index (χ3v) is 5.97. The van der Waals surface area contributed by atoms with Crippen LogP contribution in [0.15, 0.2) is 24.3 Å². The van der Waals surface area contributed by atoms with Crippen molar-refractivity contribution in [2.75, 3.05) is 32.8 Å². The van der Waals surface area contributed by atoms with Crippen LogP contribution in [-0.4, -0.2) is 65.6 Å². The Morgan fingerprint density at radius 3 is 2.69 bits per heavy atom. The Labute approximate surface area is 160 Å². The first kappa shape index (κ1) is 19.2. The van der Waals surface area contributed by atoms with Gasteiger partial charge in [0.05, 0.1) is 13.2 Å². The lowest BCUT2D eigenvalue weighted by molar-refractivity contribution is -0.128. The van der Waals surface area contributed by atoms with Gasteiger partial charge in [0.2, 0.25) is 0 Å². The summed E-state index contributed by atoms with van der Waals surface area (Å²) in [4.78, 5) is 28.9. The van der Waals surface area contributed by atoms with Crippen LogP contribution >= 0.6 is 12.2 Å². The molecule has 3 atom stereocenters. The number of carbonyl (C=O) groups is 2. The summed E-state index contributed by atoms with van der Waals surface area (Å²) >= 11 is 5.10. The van der Waals surface area contributed by atoms with Crippen molar-refractivity contribution in [1.82, 2.24) is 15.1 Å². The highest BCUT2D eigenvalue weighted by Crippen LogP contribution is 2.34. The average molecular weight is 378 g/mol. The molecule has 7 heteroatoms. The van der Waals surface area contributed by atoms with Gasteiger partial charge in [-0.25, -0.2) is 0 Å². The van der Waals surface area contributed by atoms with Gasteiger partial charge in [-0.3, -0.25) is 24.7 Å². The lowest BCUT2D eigenvalue weighted by Gasteiger charge is -2.41. The molecule has 6 nitrogen and oxygen atoms in total. The van der Waals surface area contributed by atoms with E-state index in [0.717, 1.165) is 45.6 Å². The predicted molar refractivity (Wildman–Crippen MR) is 103 cm³/mol. The molecule has 0 aromatic carbocycles. The zero-order valence-electron chi connectivity index (χ0n) is 15.3. The zero-order chi connectivity index (χ0) is 18.7. The molecular formula is C19H27N3O3S. The molecule has 1 N–H and O–H groups in total. The fourth-order valence-electron chi connectivity index (χ4n) is 4.14. The monoisotopic (exact) mass is 377 g/mol. The van der Waals surface area contributed by atoms with Crippen molar-refractivity contribution in [1.29, 1.82) is 0 Å². The number of hydrogen-bond donors (Lipinski definition) is 1. The fraction of sp³-hybridized carbons (Fsp3) is 0.632. The summed E-state index contributed by atoms with van der Waals surface area (Å²) in [5.41, 5.74) is 0.210. The minimum Gasteiger partial charge on any atom is -0.379 e. The van der Waals surface area contributed by atoms with Crippen molar-refractivity contribution >= 4 is 29.1 Å². The van der Waals surface area contributed by atoms with E-state index in [1.807, 2.05) is 6.08 Å². The first-order chi connectivity index (χ1) is 12.5. The van der Waals surface area contributed by atoms with E-state index in [0.29, 0.717) is 18.5 Å². The highest BCUT2D eigenvalue weighted by atomic mass is 32.1. The van der Waals surface area contributed by atoms with Crippen LogP contribution in [0.25, 0.3) is 0 Å². The molecule has 0 aromatic heterocycles. The minimum atomic E-state index is -0.386. The van der Waals surface area contributed by atoms with Crippen LogP contribution in [-0.2, 0) is 14.3 Å². The third-order valence-electron chi connectivity index (χ3n) is 5.65. The Kier molecular flexibility index (Phi) is 6.21. The van der Waals surface area contributed by atoms with Crippen LogP contribution < -0.4 is 5.32 Å². The second kappa shape index (κ2) is 8.41. The second-order valence-electron chi connectivity index (χ2n) is 7.30. The number of nitrogens with one attached hydrogen (secondary N) is 1. The highest BCUT2D eigenvalue weighted by Gasteiger charge is 2.36. The van der Waals surface area contributed by atoms with Crippen molar-refractivity contribution in [2.24, 2.45) is 11.8 Å². The summed E-state index contributed by atoms with van der Waals surface area (Å²) in [5.74, 6) is -0.0513. The molecule has 2 aliphatic heterocycles. The van der Waals surface area contributed by atoms with Gasteiger partial charge in [0.15, 0.2) is 5.11 Å². The van der Waals surface area contributed by atoms with E-state index in [1.54, 1.807) is 6.08 Å². The summed E-state index contributed by atoms with van der Waals surface area (Å²) in [6.07, 6.45) is 6.63. The quantitative estimate of drug-likeness (QED) is 0.348. The van der Waals surface area contributed by atoms with Gasteiger partial charge in [-0.15, -0.1) is 6.58 Å². The van der Waals surface area contributed by atoms with E-state index >= 15 is 0 Å². The van der Waals surface area contributed by atoms with E-state index in [-0.39, 0.29) is 28.4 Å². The molecule has 1 aliphatic carbocycles. The average Bonchev–Trinajstić information content (AvgIpc) is 2.64. The first-order valence-corrected chi connectivity index (χ1v) is 9.73. The topological polar surface area (TPSA) is 61.9 Å². The van der Waals surface area contributed by atoms with E-state index in [4.69, 9.17) is 17.0 Å². The van der Waals surface area contributed by atoms with Gasteiger partial charge >= 0.3 is 0 Å². The van der Waals surface area contributed by atoms with E-state index < -0.39 is 0 Å². The molecule has 2 amide bonds. The van der Waals surface area contributed by atoms with Crippen LogP contribution in [0, 0.1) is 11.8 Å². The van der Waals surface area contributed by atoms with Crippen molar-refractivity contribution in [3.05, 3.63) is 24.3 Å². The van der Waals surface area contributed by atoms with E-state index in [2.05, 4.69) is 23.7 Å². The summed E-state index contributed by atoms with van der Waals surface area (Å²) in [7, 11) is 0. The molecule has 3 fully saturated rings. The number of thiocarbonyl (C=S) groups is 1. The molecule has 0 bridgehead atoms. The molecule has 3 unspecified atom stereocenters. The smallest absolute Gasteiger partial charge is 0.265 e. The van der Waals surface area contributed by atoms with Crippen molar-refractivity contribution in [3.63, 3.8) is 0 Å². The van der Waals surface area contributed by atoms with Gasteiger partial charge in [0, 0.05) is 25.7 Å². The van der Waals surface area contributed by atoms with Crippen molar-refractivity contribution in [2.45, 2.75) is 32.2 Å². The number of ether oxygens (including phenoxy) is 1. The molecule has 142 valence electrons. The third kappa shape index (κ3) is 4.05. The lowest BCUT2D eigenvalue weighted by atomic mass is 9.76. The molecule has 2 saturated heterocycles. The Morgan fingerprint density at radius 1 is 1.31 bits per heavy atom. The largest absolute Gasteiger partial charge is 0.379 e. The Bertz CT molecular complexity index is 628. The normalized spacial score (nSPS) is 32.7. The summed E-state index contributed by atoms with van der Waals surface area (Å²) in [5, 5.41) is 2.77. The maximum absolute atomic E-state index is 12.7. The molecular weight excluding hydrogens is 350 g/mol. The summed E-state index contributed by atoms with van der Waals surface area (Å²) < 4.78 is 5.45. The summed E-state index contributed by atoms with van der Waals surface area (Å²) in [6.45, 7) is 9.78. The standard InChI is InChI=1S/C19H27N3O3S/c1-3-6-22-18(24)16(17(23)20-19(22)26)12-14-4-5-15(11-13(14)2)21-7-9-25-10-8-21/h3,12-15H,1,4-11H2,2H3,(H,20,23,26)/b16-12-. The van der Waals surface area contributed by atoms with Crippen molar-refractivity contribution < 1.29 is 14.3 Å². The van der Waals surface area contributed by atoms with Crippen molar-refractivity contribution in [3.8, 4) is 0 Å². The Morgan fingerprint density at radius 2 is 2.04 bits per heavy atom. The molecule has 3 rings (SSSR count). The van der Waals surface area contributed by atoms with Crippen LogP contribution in [0.1, 0.15) is 26.2 Å². The van der Waals surface area contributed by atoms with Gasteiger partial charge in [-0.2, -0.15) is 0 Å². The van der Waals surface area contributed by atoms with E-state index in [9.17, 15) is 9.59 Å². The van der Waals surface area contributed by atoms with Crippen LogP contribution in [0.4, 0.5) is 0 Å². The van der Waals surface area contributed by atoms with Crippen LogP contribution in [0.3, 0.4) is 0 Å². The minimum absolute atomic E-state index is 0.154. The highest BCUT2D eigenvalue weighted by molar-refractivity contribution is 7.80. The number of hydrogen-bond acceptors (Lipinski definition) is 5. The number of rotatable bonds is 4. The number of allylic oxidation sites excluding steroid dienone is 1. The number of carbonyl (C=O) groups excluding carboxylic acids is 2. The SMILES string of the molecule is C=CCN1C(=O)/C(=C\C2CCC(N3CCOCC3)CC2C)C(=O)NC1=S. The fourth-order valence-corrected chi connectivity index (χ4v) is 4.39. The Balaban J connectivity index is 1.68. The van der Waals surface area contributed by atoms with Gasteiger partial charge in [0.1, 0.15) is 5.57 Å². The van der Waals surface area contributed by atoms with Gasteiger partial charge < -0.3 is 4.74 Å². The van der Waals surface area contributed by atoms with Crippen LogP contribution in [0.2, 0.25) is 0 Å². The van der Waals surface area contributed by atoms with Gasteiger partial charge in [-0.05, 0) is 43.3 Å².